The van der Waals surface area contributed by atoms with Crippen LogP contribution in [0.15, 0.2) is 64.6 Å². The third-order valence-corrected chi connectivity index (χ3v) is 6.68. The lowest BCUT2D eigenvalue weighted by Crippen LogP contribution is -2.32. The summed E-state index contributed by atoms with van der Waals surface area (Å²) in [6, 6.07) is 19.0. The van der Waals surface area contributed by atoms with Crippen molar-refractivity contribution in [3.63, 3.8) is 0 Å². The first-order chi connectivity index (χ1) is 15.0. The summed E-state index contributed by atoms with van der Waals surface area (Å²) in [4.78, 5) is 10.8. The Labute approximate surface area is 192 Å². The predicted octanol–water partition coefficient (Wildman–Crippen LogP) is 5.73. The second kappa shape index (κ2) is 9.77. The first-order valence-electron chi connectivity index (χ1n) is 10.6. The van der Waals surface area contributed by atoms with Gasteiger partial charge in [-0.15, -0.1) is 11.3 Å². The van der Waals surface area contributed by atoms with E-state index in [0.29, 0.717) is 23.3 Å². The van der Waals surface area contributed by atoms with Crippen LogP contribution in [0.5, 0.6) is 0 Å². The quantitative estimate of drug-likeness (QED) is 0.372. The van der Waals surface area contributed by atoms with E-state index < -0.39 is 0 Å². The maximum absolute atomic E-state index is 6.48. The van der Waals surface area contributed by atoms with Crippen molar-refractivity contribution in [3.8, 4) is 0 Å². The second-order valence-electron chi connectivity index (χ2n) is 8.19. The Morgan fingerprint density at radius 1 is 1.03 bits per heavy atom. The lowest BCUT2D eigenvalue weighted by molar-refractivity contribution is 0.647. The molecule has 1 aliphatic heterocycles. The van der Waals surface area contributed by atoms with Crippen molar-refractivity contribution < 1.29 is 0 Å². The van der Waals surface area contributed by atoms with Gasteiger partial charge in [0, 0.05) is 21.0 Å². The summed E-state index contributed by atoms with van der Waals surface area (Å²) in [6.45, 7) is 4.91. The van der Waals surface area contributed by atoms with Crippen LogP contribution in [-0.4, -0.2) is 18.1 Å². The average molecular weight is 451 g/mol. The number of nitrogens with two attached hydrogens (primary N) is 1. The Morgan fingerprint density at radius 3 is 2.48 bits per heavy atom. The van der Waals surface area contributed by atoms with Gasteiger partial charge in [0.1, 0.15) is 10.8 Å². The number of halogens is 1. The maximum Gasteiger partial charge on any atom is 0.139 e. The highest BCUT2D eigenvalue weighted by atomic mass is 35.5. The van der Waals surface area contributed by atoms with Crippen LogP contribution < -0.4 is 11.3 Å². The summed E-state index contributed by atoms with van der Waals surface area (Å²) in [5.74, 6) is 6.98. The number of rotatable bonds is 6. The number of amidine groups is 1. The molecule has 160 valence electrons. The third kappa shape index (κ3) is 5.24. The SMILES string of the molecule is CC(C)Cc1ccc(CCc2cc3c(s2)N=C(NN)CN=C3c2ccccc2Cl)cc1. The van der Waals surface area contributed by atoms with Gasteiger partial charge in [-0.3, -0.25) is 4.99 Å². The van der Waals surface area contributed by atoms with E-state index >= 15 is 0 Å². The molecule has 0 saturated carbocycles. The van der Waals surface area contributed by atoms with E-state index in [2.05, 4.69) is 49.6 Å². The number of thiophene rings is 1. The zero-order valence-electron chi connectivity index (χ0n) is 17.9. The molecule has 3 aromatic rings. The fraction of sp³-hybridized carbons (Fsp3) is 0.280. The molecule has 0 aliphatic carbocycles. The Balaban J connectivity index is 1.57. The third-order valence-electron chi connectivity index (χ3n) is 5.26. The summed E-state index contributed by atoms with van der Waals surface area (Å²) in [6.07, 6.45) is 3.07. The van der Waals surface area contributed by atoms with Crippen LogP contribution in [-0.2, 0) is 19.3 Å². The highest BCUT2D eigenvalue weighted by Gasteiger charge is 2.21. The Morgan fingerprint density at radius 2 is 1.77 bits per heavy atom. The molecule has 2 aromatic carbocycles. The van der Waals surface area contributed by atoms with Gasteiger partial charge >= 0.3 is 0 Å². The number of nitrogens with zero attached hydrogens (tertiary/aromatic N) is 2. The highest BCUT2D eigenvalue weighted by molar-refractivity contribution is 7.16. The molecular weight excluding hydrogens is 424 g/mol. The highest BCUT2D eigenvalue weighted by Crippen LogP contribution is 2.36. The van der Waals surface area contributed by atoms with Gasteiger partial charge in [0.05, 0.1) is 12.3 Å². The maximum atomic E-state index is 6.48. The van der Waals surface area contributed by atoms with Crippen LogP contribution in [0.25, 0.3) is 0 Å². The summed E-state index contributed by atoms with van der Waals surface area (Å²) in [7, 11) is 0. The van der Waals surface area contributed by atoms with E-state index in [-0.39, 0.29) is 0 Å². The lowest BCUT2D eigenvalue weighted by Gasteiger charge is -2.07. The van der Waals surface area contributed by atoms with Gasteiger partial charge < -0.3 is 5.43 Å². The molecular formula is C25H27ClN4S. The minimum Gasteiger partial charge on any atom is -0.310 e. The molecule has 2 heterocycles. The van der Waals surface area contributed by atoms with E-state index in [1.165, 1.54) is 16.0 Å². The Bertz CT molecular complexity index is 1110. The molecule has 4 rings (SSSR count). The lowest BCUT2D eigenvalue weighted by atomic mass is 10.00. The summed E-state index contributed by atoms with van der Waals surface area (Å²) >= 11 is 8.18. The standard InChI is InChI=1S/C25H27ClN4S/c1-16(2)13-18-9-7-17(8-10-18)11-12-19-14-21-24(20-5-3-4-6-22(20)26)28-15-23(30-27)29-25(21)31-19/h3-10,14,16H,11-13,15,27H2,1-2H3,(H,29,30). The number of hydrogen-bond acceptors (Lipinski definition) is 5. The Kier molecular flexibility index (Phi) is 6.86. The van der Waals surface area contributed by atoms with Gasteiger partial charge in [-0.25, -0.2) is 10.8 Å². The minimum atomic E-state index is 0.399. The molecule has 0 atom stereocenters. The number of nitrogens with one attached hydrogen (secondary N) is 1. The summed E-state index contributed by atoms with van der Waals surface area (Å²) in [5, 5.41) is 1.61. The molecule has 0 fully saturated rings. The molecule has 6 heteroatoms. The van der Waals surface area contributed by atoms with Gasteiger partial charge in [0.15, 0.2) is 0 Å². The van der Waals surface area contributed by atoms with Crippen molar-refractivity contribution in [1.29, 1.82) is 0 Å². The molecule has 3 N–H and O–H groups in total. The van der Waals surface area contributed by atoms with Crippen molar-refractivity contribution >= 4 is 39.5 Å². The molecule has 0 unspecified atom stereocenters. The van der Waals surface area contributed by atoms with Crippen molar-refractivity contribution in [1.82, 2.24) is 5.43 Å². The fourth-order valence-electron chi connectivity index (χ4n) is 3.75. The molecule has 0 spiro atoms. The fourth-order valence-corrected chi connectivity index (χ4v) is 5.02. The smallest absolute Gasteiger partial charge is 0.139 e. The Hall–Kier alpha value is -2.47. The van der Waals surface area contributed by atoms with Gasteiger partial charge in [-0.1, -0.05) is 67.9 Å². The normalized spacial score (nSPS) is 13.5. The largest absolute Gasteiger partial charge is 0.310 e. The van der Waals surface area contributed by atoms with Crippen LogP contribution in [0.4, 0.5) is 5.00 Å². The molecule has 4 nitrogen and oxygen atoms in total. The van der Waals surface area contributed by atoms with Gasteiger partial charge in [-0.05, 0) is 48.4 Å². The monoisotopic (exact) mass is 450 g/mol. The predicted molar refractivity (Wildman–Crippen MR) is 133 cm³/mol. The number of hydrogen-bond donors (Lipinski definition) is 2. The van der Waals surface area contributed by atoms with Crippen molar-refractivity contribution in [2.45, 2.75) is 33.1 Å². The molecule has 1 aromatic heterocycles. The zero-order valence-corrected chi connectivity index (χ0v) is 19.4. The van der Waals surface area contributed by atoms with Gasteiger partial charge in [0.2, 0.25) is 0 Å². The number of benzene rings is 2. The first-order valence-corrected chi connectivity index (χ1v) is 11.8. The van der Waals surface area contributed by atoms with Crippen molar-refractivity contribution in [3.05, 3.63) is 86.8 Å². The summed E-state index contributed by atoms with van der Waals surface area (Å²) < 4.78 is 0. The zero-order chi connectivity index (χ0) is 21.8. The second-order valence-corrected chi connectivity index (χ2v) is 9.72. The van der Waals surface area contributed by atoms with E-state index in [0.717, 1.165) is 41.1 Å². The topological polar surface area (TPSA) is 62.8 Å². The summed E-state index contributed by atoms with van der Waals surface area (Å²) in [5.41, 5.74) is 8.24. The van der Waals surface area contributed by atoms with Crippen LogP contribution >= 0.6 is 22.9 Å². The van der Waals surface area contributed by atoms with E-state index in [1.807, 2.05) is 24.3 Å². The first kappa shape index (κ1) is 21.8. The van der Waals surface area contributed by atoms with Crippen LogP contribution in [0, 0.1) is 5.92 Å². The molecule has 0 bridgehead atoms. The van der Waals surface area contributed by atoms with Crippen LogP contribution in [0.1, 0.15) is 41.0 Å². The van der Waals surface area contributed by atoms with E-state index in [9.17, 15) is 0 Å². The molecule has 0 amide bonds. The number of aliphatic imine (C=N–C) groups is 2. The van der Waals surface area contributed by atoms with Crippen LogP contribution in [0.2, 0.25) is 5.02 Å². The van der Waals surface area contributed by atoms with E-state index in [4.69, 9.17) is 27.4 Å². The molecule has 0 saturated heterocycles. The van der Waals surface area contributed by atoms with Crippen molar-refractivity contribution in [2.75, 3.05) is 6.54 Å². The minimum absolute atomic E-state index is 0.399. The molecule has 0 radical (unpaired) electrons. The molecule has 31 heavy (non-hydrogen) atoms. The van der Waals surface area contributed by atoms with Gasteiger partial charge in [-0.2, -0.15) is 0 Å². The van der Waals surface area contributed by atoms with Crippen LogP contribution in [0.3, 0.4) is 0 Å². The van der Waals surface area contributed by atoms with Gasteiger partial charge in [0.25, 0.3) is 0 Å². The average Bonchev–Trinajstić information content (AvgIpc) is 3.07. The number of fused-ring (bicyclic) bond motifs is 1. The molecule has 1 aliphatic rings. The number of aryl methyl sites for hydroxylation is 2. The van der Waals surface area contributed by atoms with E-state index in [1.54, 1.807) is 11.3 Å². The van der Waals surface area contributed by atoms with Crippen molar-refractivity contribution in [2.24, 2.45) is 21.7 Å². The number of hydrazine groups is 1.